The SMILES string of the molecule is OC[C@H]1O[C@@H](n2cc(-c3ccc4ccccc4n3)nn2)[C@H](O)[C@@H](O)[C@@H]1O. The second-order valence-electron chi connectivity index (χ2n) is 6.19. The fraction of sp³-hybridized carbons (Fsp3) is 0.353. The second kappa shape index (κ2) is 6.71. The van der Waals surface area contributed by atoms with Crippen molar-refractivity contribution in [1.82, 2.24) is 20.0 Å². The van der Waals surface area contributed by atoms with Gasteiger partial charge in [0, 0.05) is 5.39 Å². The molecule has 4 N–H and O–H groups in total. The number of aliphatic hydroxyl groups excluding tert-OH is 4. The summed E-state index contributed by atoms with van der Waals surface area (Å²) in [4.78, 5) is 4.53. The standard InChI is InChI=1S/C17H18N4O5/c22-8-13-14(23)15(24)16(25)17(26-13)21-7-12(19-20-21)11-6-5-9-3-1-2-4-10(9)18-11/h1-7,13-17,22-25H,8H2/t13-,14-,15+,16-,17-/m1/s1. The molecule has 0 unspecified atom stereocenters. The van der Waals surface area contributed by atoms with E-state index in [0.29, 0.717) is 11.4 Å². The van der Waals surface area contributed by atoms with E-state index in [1.54, 1.807) is 0 Å². The van der Waals surface area contributed by atoms with Gasteiger partial charge in [-0.3, -0.25) is 0 Å². The Morgan fingerprint density at radius 2 is 1.77 bits per heavy atom. The molecule has 0 spiro atoms. The minimum absolute atomic E-state index is 0.465. The Bertz CT molecular complexity index is 915. The number of pyridine rings is 1. The van der Waals surface area contributed by atoms with E-state index < -0.39 is 37.3 Å². The van der Waals surface area contributed by atoms with E-state index in [-0.39, 0.29) is 0 Å². The number of aromatic nitrogens is 4. The van der Waals surface area contributed by atoms with Crippen molar-refractivity contribution in [1.29, 1.82) is 0 Å². The average molecular weight is 358 g/mol. The van der Waals surface area contributed by atoms with E-state index in [1.165, 1.54) is 10.9 Å². The van der Waals surface area contributed by atoms with Crippen LogP contribution in [0.1, 0.15) is 6.23 Å². The summed E-state index contributed by atoms with van der Waals surface area (Å²) in [6.45, 7) is -0.505. The van der Waals surface area contributed by atoms with Gasteiger partial charge in [0.15, 0.2) is 6.23 Å². The van der Waals surface area contributed by atoms with Gasteiger partial charge in [-0.1, -0.05) is 29.5 Å². The lowest BCUT2D eigenvalue weighted by Gasteiger charge is -2.39. The van der Waals surface area contributed by atoms with Crippen molar-refractivity contribution in [3.8, 4) is 11.4 Å². The molecule has 5 atom stereocenters. The number of hydrogen-bond acceptors (Lipinski definition) is 8. The Labute approximate surface area is 148 Å². The van der Waals surface area contributed by atoms with Crippen molar-refractivity contribution < 1.29 is 25.2 Å². The van der Waals surface area contributed by atoms with Crippen LogP contribution in [0.3, 0.4) is 0 Å². The Balaban J connectivity index is 1.64. The molecule has 1 aliphatic rings. The van der Waals surface area contributed by atoms with Crippen LogP contribution in [0.4, 0.5) is 0 Å². The maximum atomic E-state index is 10.2. The summed E-state index contributed by atoms with van der Waals surface area (Å²) in [7, 11) is 0. The second-order valence-corrected chi connectivity index (χ2v) is 6.19. The third-order valence-corrected chi connectivity index (χ3v) is 4.50. The summed E-state index contributed by atoms with van der Waals surface area (Å²) in [6.07, 6.45) is -4.89. The zero-order valence-electron chi connectivity index (χ0n) is 13.6. The van der Waals surface area contributed by atoms with Crippen LogP contribution in [-0.2, 0) is 4.74 Å². The molecule has 9 nitrogen and oxygen atoms in total. The molecular weight excluding hydrogens is 340 g/mol. The smallest absolute Gasteiger partial charge is 0.180 e. The molecule has 3 aromatic rings. The summed E-state index contributed by atoms with van der Waals surface area (Å²) < 4.78 is 6.71. The molecule has 26 heavy (non-hydrogen) atoms. The average Bonchev–Trinajstić information content (AvgIpc) is 3.16. The Morgan fingerprint density at radius 1 is 0.962 bits per heavy atom. The van der Waals surface area contributed by atoms with Crippen molar-refractivity contribution in [2.75, 3.05) is 6.61 Å². The Morgan fingerprint density at radius 3 is 2.58 bits per heavy atom. The molecule has 2 aromatic heterocycles. The van der Waals surface area contributed by atoms with Crippen LogP contribution in [0, 0.1) is 0 Å². The molecule has 0 amide bonds. The number of rotatable bonds is 3. The Hall–Kier alpha value is -2.43. The number of hydrogen-bond donors (Lipinski definition) is 4. The molecule has 0 bridgehead atoms. The third-order valence-electron chi connectivity index (χ3n) is 4.50. The van der Waals surface area contributed by atoms with Crippen LogP contribution in [-0.4, -0.2) is 71.4 Å². The highest BCUT2D eigenvalue weighted by atomic mass is 16.6. The van der Waals surface area contributed by atoms with Gasteiger partial charge in [0.05, 0.1) is 24.0 Å². The normalized spacial score (nSPS) is 29.2. The highest BCUT2D eigenvalue weighted by Gasteiger charge is 2.44. The molecule has 1 saturated heterocycles. The molecule has 1 fully saturated rings. The maximum Gasteiger partial charge on any atom is 0.180 e. The van der Waals surface area contributed by atoms with Crippen LogP contribution in [0.2, 0.25) is 0 Å². The number of aliphatic hydroxyl groups is 4. The first-order chi connectivity index (χ1) is 12.6. The zero-order valence-corrected chi connectivity index (χ0v) is 13.6. The van der Waals surface area contributed by atoms with E-state index in [0.717, 1.165) is 10.9 Å². The van der Waals surface area contributed by atoms with E-state index >= 15 is 0 Å². The monoisotopic (exact) mass is 358 g/mol. The third kappa shape index (κ3) is 2.85. The molecular formula is C17H18N4O5. The van der Waals surface area contributed by atoms with Crippen molar-refractivity contribution in [3.63, 3.8) is 0 Å². The van der Waals surface area contributed by atoms with E-state index in [1.807, 2.05) is 36.4 Å². The van der Waals surface area contributed by atoms with Gasteiger partial charge in [-0.05, 0) is 12.1 Å². The molecule has 1 aromatic carbocycles. The molecule has 0 saturated carbocycles. The summed E-state index contributed by atoms with van der Waals surface area (Å²) >= 11 is 0. The first-order valence-corrected chi connectivity index (χ1v) is 8.17. The van der Waals surface area contributed by atoms with Gasteiger partial charge >= 0.3 is 0 Å². The zero-order chi connectivity index (χ0) is 18.3. The minimum Gasteiger partial charge on any atom is -0.394 e. The fourth-order valence-corrected chi connectivity index (χ4v) is 3.03. The number of fused-ring (bicyclic) bond motifs is 1. The van der Waals surface area contributed by atoms with Gasteiger partial charge in [-0.2, -0.15) is 0 Å². The molecule has 0 radical (unpaired) electrons. The van der Waals surface area contributed by atoms with Gasteiger partial charge in [0.2, 0.25) is 0 Å². The van der Waals surface area contributed by atoms with Crippen LogP contribution in [0.5, 0.6) is 0 Å². The quantitative estimate of drug-likeness (QED) is 0.491. The van der Waals surface area contributed by atoms with Gasteiger partial charge in [0.1, 0.15) is 30.1 Å². The highest BCUT2D eigenvalue weighted by Crippen LogP contribution is 2.29. The fourth-order valence-electron chi connectivity index (χ4n) is 3.03. The lowest BCUT2D eigenvalue weighted by atomic mass is 9.98. The lowest BCUT2D eigenvalue weighted by molar-refractivity contribution is -0.254. The molecule has 3 heterocycles. The van der Waals surface area contributed by atoms with Gasteiger partial charge in [-0.25, -0.2) is 9.67 Å². The van der Waals surface area contributed by atoms with Crippen molar-refractivity contribution in [2.24, 2.45) is 0 Å². The largest absolute Gasteiger partial charge is 0.394 e. The van der Waals surface area contributed by atoms with Crippen molar-refractivity contribution in [2.45, 2.75) is 30.6 Å². The van der Waals surface area contributed by atoms with E-state index in [4.69, 9.17) is 4.74 Å². The Kier molecular flexibility index (Phi) is 4.39. The number of ether oxygens (including phenoxy) is 1. The maximum absolute atomic E-state index is 10.2. The predicted molar refractivity (Wildman–Crippen MR) is 89.8 cm³/mol. The summed E-state index contributed by atoms with van der Waals surface area (Å²) in [5, 5.41) is 48.2. The predicted octanol–water partition coefficient (Wildman–Crippen LogP) is -0.534. The molecule has 0 aliphatic carbocycles. The number of benzene rings is 1. The number of para-hydroxylation sites is 1. The van der Waals surface area contributed by atoms with Crippen molar-refractivity contribution >= 4 is 10.9 Å². The van der Waals surface area contributed by atoms with Crippen LogP contribution < -0.4 is 0 Å². The summed E-state index contributed by atoms with van der Waals surface area (Å²) in [5.41, 5.74) is 1.87. The minimum atomic E-state index is -1.47. The van der Waals surface area contributed by atoms with Crippen LogP contribution in [0.15, 0.2) is 42.6 Å². The van der Waals surface area contributed by atoms with Crippen LogP contribution in [0.25, 0.3) is 22.3 Å². The number of nitrogens with zero attached hydrogens (tertiary/aromatic N) is 4. The molecule has 1 aliphatic heterocycles. The topological polar surface area (TPSA) is 134 Å². The summed E-state index contributed by atoms with van der Waals surface area (Å²) in [6, 6.07) is 11.4. The van der Waals surface area contributed by atoms with Crippen LogP contribution >= 0.6 is 0 Å². The van der Waals surface area contributed by atoms with Gasteiger partial charge in [0.25, 0.3) is 0 Å². The molecule has 136 valence electrons. The lowest BCUT2D eigenvalue weighted by Crippen LogP contribution is -2.56. The van der Waals surface area contributed by atoms with Gasteiger partial charge in [-0.15, -0.1) is 5.10 Å². The molecule has 9 heteroatoms. The highest BCUT2D eigenvalue weighted by molar-refractivity contribution is 5.80. The van der Waals surface area contributed by atoms with Gasteiger partial charge < -0.3 is 25.2 Å². The van der Waals surface area contributed by atoms with E-state index in [9.17, 15) is 20.4 Å². The molecule has 4 rings (SSSR count). The van der Waals surface area contributed by atoms with Crippen molar-refractivity contribution in [3.05, 3.63) is 42.6 Å². The first kappa shape index (κ1) is 17.0. The summed E-state index contributed by atoms with van der Waals surface area (Å²) in [5.74, 6) is 0. The van der Waals surface area contributed by atoms with E-state index in [2.05, 4.69) is 15.3 Å². The first-order valence-electron chi connectivity index (χ1n) is 8.17.